The molecule has 2 aromatic rings. The number of amides is 1. The van der Waals surface area contributed by atoms with E-state index >= 15 is 0 Å². The molecule has 4 heteroatoms. The molecule has 0 aliphatic heterocycles. The number of nitrogens with one attached hydrogen (secondary N) is 1. The molecule has 0 spiro atoms. The van der Waals surface area contributed by atoms with Crippen LogP contribution >= 0.6 is 0 Å². The summed E-state index contributed by atoms with van der Waals surface area (Å²) in [6, 6.07) is 15.0. The minimum absolute atomic E-state index is 0.00805. The molecule has 0 saturated heterocycles. The summed E-state index contributed by atoms with van der Waals surface area (Å²) in [4.78, 5) is 14.6. The second kappa shape index (κ2) is 7.79. The standard InChI is InChI=1S/C21H25FN2O/c1-15(2)17-5-9-19(10-6-17)23-21(25)14-24(20-11-12-20)13-16-3-7-18(22)8-4-16/h3-10,15,20H,11-14H2,1-2H3,(H,23,25). The molecule has 1 aliphatic rings. The van der Waals surface area contributed by atoms with Gasteiger partial charge in [0.15, 0.2) is 0 Å². The van der Waals surface area contributed by atoms with Crippen LogP contribution in [-0.4, -0.2) is 23.4 Å². The van der Waals surface area contributed by atoms with Crippen LogP contribution < -0.4 is 5.32 Å². The van der Waals surface area contributed by atoms with E-state index in [4.69, 9.17) is 0 Å². The van der Waals surface area contributed by atoms with Gasteiger partial charge in [-0.25, -0.2) is 4.39 Å². The third kappa shape index (κ3) is 5.13. The van der Waals surface area contributed by atoms with E-state index in [1.54, 1.807) is 12.1 Å². The second-order valence-corrected chi connectivity index (χ2v) is 7.09. The highest BCUT2D eigenvalue weighted by Gasteiger charge is 2.30. The Labute approximate surface area is 148 Å². The fourth-order valence-corrected chi connectivity index (χ4v) is 2.91. The van der Waals surface area contributed by atoms with Crippen molar-refractivity contribution in [2.24, 2.45) is 0 Å². The molecule has 25 heavy (non-hydrogen) atoms. The van der Waals surface area contributed by atoms with E-state index in [1.807, 2.05) is 12.1 Å². The number of benzene rings is 2. The van der Waals surface area contributed by atoms with Crippen molar-refractivity contribution in [1.29, 1.82) is 0 Å². The third-order valence-electron chi connectivity index (χ3n) is 4.57. The molecule has 3 nitrogen and oxygen atoms in total. The largest absolute Gasteiger partial charge is 0.325 e. The molecule has 0 aromatic heterocycles. The summed E-state index contributed by atoms with van der Waals surface area (Å²) in [6.45, 7) is 5.33. The molecule has 1 amide bonds. The van der Waals surface area contributed by atoms with Crippen LogP contribution in [-0.2, 0) is 11.3 Å². The molecule has 0 bridgehead atoms. The smallest absolute Gasteiger partial charge is 0.238 e. The van der Waals surface area contributed by atoms with Crippen LogP contribution in [0.3, 0.4) is 0 Å². The van der Waals surface area contributed by atoms with Crippen LogP contribution in [0, 0.1) is 5.82 Å². The summed E-state index contributed by atoms with van der Waals surface area (Å²) < 4.78 is 13.0. The van der Waals surface area contributed by atoms with Crippen molar-refractivity contribution in [1.82, 2.24) is 4.90 Å². The Kier molecular flexibility index (Phi) is 5.49. The highest BCUT2D eigenvalue weighted by Crippen LogP contribution is 2.28. The van der Waals surface area contributed by atoms with E-state index in [2.05, 4.69) is 36.2 Å². The molecule has 1 aliphatic carbocycles. The average Bonchev–Trinajstić information content (AvgIpc) is 3.41. The first-order valence-electron chi connectivity index (χ1n) is 8.89. The fourth-order valence-electron chi connectivity index (χ4n) is 2.91. The van der Waals surface area contributed by atoms with Crippen LogP contribution in [0.4, 0.5) is 10.1 Å². The number of halogens is 1. The van der Waals surface area contributed by atoms with Gasteiger partial charge in [-0.2, -0.15) is 0 Å². The number of hydrogen-bond donors (Lipinski definition) is 1. The Morgan fingerprint density at radius 2 is 1.76 bits per heavy atom. The predicted octanol–water partition coefficient (Wildman–Crippen LogP) is 4.55. The fraction of sp³-hybridized carbons (Fsp3) is 0.381. The van der Waals surface area contributed by atoms with E-state index in [9.17, 15) is 9.18 Å². The first kappa shape index (κ1) is 17.6. The van der Waals surface area contributed by atoms with Crippen LogP contribution in [0.25, 0.3) is 0 Å². The Morgan fingerprint density at radius 3 is 2.32 bits per heavy atom. The summed E-state index contributed by atoms with van der Waals surface area (Å²) in [5, 5.41) is 2.98. The Balaban J connectivity index is 1.58. The van der Waals surface area contributed by atoms with E-state index in [0.29, 0.717) is 25.0 Å². The maximum Gasteiger partial charge on any atom is 0.238 e. The highest BCUT2D eigenvalue weighted by atomic mass is 19.1. The summed E-state index contributed by atoms with van der Waals surface area (Å²) in [5.74, 6) is 0.237. The van der Waals surface area contributed by atoms with E-state index in [-0.39, 0.29) is 11.7 Å². The van der Waals surface area contributed by atoms with E-state index in [0.717, 1.165) is 24.1 Å². The van der Waals surface area contributed by atoms with Crippen molar-refractivity contribution < 1.29 is 9.18 Å². The first-order chi connectivity index (χ1) is 12.0. The van der Waals surface area contributed by atoms with Crippen LogP contribution in [0.2, 0.25) is 0 Å². The second-order valence-electron chi connectivity index (χ2n) is 7.09. The maximum atomic E-state index is 13.0. The van der Waals surface area contributed by atoms with Crippen molar-refractivity contribution in [3.8, 4) is 0 Å². The zero-order chi connectivity index (χ0) is 17.8. The first-order valence-corrected chi connectivity index (χ1v) is 8.89. The van der Waals surface area contributed by atoms with Crippen molar-refractivity contribution in [3.05, 3.63) is 65.5 Å². The Bertz CT molecular complexity index is 706. The van der Waals surface area contributed by atoms with Gasteiger partial charge in [0.2, 0.25) is 5.91 Å². The number of carbonyl (C=O) groups is 1. The molecule has 0 atom stereocenters. The molecule has 2 aromatic carbocycles. The van der Waals surface area contributed by atoms with Gasteiger partial charge < -0.3 is 5.32 Å². The van der Waals surface area contributed by atoms with Gasteiger partial charge in [-0.05, 0) is 54.2 Å². The normalized spacial score (nSPS) is 14.1. The lowest BCUT2D eigenvalue weighted by Gasteiger charge is -2.21. The monoisotopic (exact) mass is 340 g/mol. The van der Waals surface area contributed by atoms with Crippen molar-refractivity contribution >= 4 is 11.6 Å². The van der Waals surface area contributed by atoms with Gasteiger partial charge in [-0.1, -0.05) is 38.1 Å². The lowest BCUT2D eigenvalue weighted by Crippen LogP contribution is -2.34. The zero-order valence-corrected chi connectivity index (χ0v) is 14.8. The van der Waals surface area contributed by atoms with Crippen molar-refractivity contribution in [2.45, 2.75) is 45.2 Å². The number of hydrogen-bond acceptors (Lipinski definition) is 2. The minimum atomic E-state index is -0.232. The van der Waals surface area contributed by atoms with Crippen molar-refractivity contribution in [2.75, 3.05) is 11.9 Å². The molecular weight excluding hydrogens is 315 g/mol. The highest BCUT2D eigenvalue weighted by molar-refractivity contribution is 5.92. The number of nitrogens with zero attached hydrogens (tertiary/aromatic N) is 1. The summed E-state index contributed by atoms with van der Waals surface area (Å²) in [7, 11) is 0. The molecule has 0 unspecified atom stereocenters. The zero-order valence-electron chi connectivity index (χ0n) is 14.8. The molecule has 1 N–H and O–H groups in total. The number of carbonyl (C=O) groups excluding carboxylic acids is 1. The SMILES string of the molecule is CC(C)c1ccc(NC(=O)CN(Cc2ccc(F)cc2)C2CC2)cc1. The van der Waals surface area contributed by atoms with Gasteiger partial charge in [0, 0.05) is 18.3 Å². The summed E-state index contributed by atoms with van der Waals surface area (Å²) >= 11 is 0. The summed E-state index contributed by atoms with van der Waals surface area (Å²) in [6.07, 6.45) is 2.25. The number of anilines is 1. The van der Waals surface area contributed by atoms with Gasteiger partial charge in [0.1, 0.15) is 5.82 Å². The van der Waals surface area contributed by atoms with Gasteiger partial charge in [-0.15, -0.1) is 0 Å². The van der Waals surface area contributed by atoms with Crippen molar-refractivity contribution in [3.63, 3.8) is 0 Å². The van der Waals surface area contributed by atoms with Gasteiger partial charge in [0.25, 0.3) is 0 Å². The van der Waals surface area contributed by atoms with Crippen LogP contribution in [0.5, 0.6) is 0 Å². The molecule has 1 fully saturated rings. The van der Waals surface area contributed by atoms with E-state index < -0.39 is 0 Å². The topological polar surface area (TPSA) is 32.3 Å². The lowest BCUT2D eigenvalue weighted by atomic mass is 10.0. The molecule has 1 saturated carbocycles. The molecule has 132 valence electrons. The molecule has 0 heterocycles. The quantitative estimate of drug-likeness (QED) is 0.802. The maximum absolute atomic E-state index is 13.0. The van der Waals surface area contributed by atoms with Crippen LogP contribution in [0.1, 0.15) is 43.7 Å². The minimum Gasteiger partial charge on any atom is -0.325 e. The molecule has 0 radical (unpaired) electrons. The van der Waals surface area contributed by atoms with E-state index in [1.165, 1.54) is 17.7 Å². The molecule has 3 rings (SSSR count). The van der Waals surface area contributed by atoms with Gasteiger partial charge >= 0.3 is 0 Å². The Morgan fingerprint density at radius 1 is 1.12 bits per heavy atom. The van der Waals surface area contributed by atoms with Gasteiger partial charge in [0.05, 0.1) is 6.54 Å². The van der Waals surface area contributed by atoms with Gasteiger partial charge in [-0.3, -0.25) is 9.69 Å². The average molecular weight is 340 g/mol. The predicted molar refractivity (Wildman–Crippen MR) is 99.0 cm³/mol. The van der Waals surface area contributed by atoms with Crippen LogP contribution in [0.15, 0.2) is 48.5 Å². The Hall–Kier alpha value is -2.20. The number of rotatable bonds is 7. The molecular formula is C21H25FN2O. The third-order valence-corrected chi connectivity index (χ3v) is 4.57. The lowest BCUT2D eigenvalue weighted by molar-refractivity contribution is -0.117. The summed E-state index contributed by atoms with van der Waals surface area (Å²) in [5.41, 5.74) is 3.11.